The summed E-state index contributed by atoms with van der Waals surface area (Å²) >= 11 is 9.60. The second-order valence-electron chi connectivity index (χ2n) is 7.04. The number of nitrogens with one attached hydrogen (secondary N) is 1. The molecular weight excluding hydrogens is 509 g/mol. The quantitative estimate of drug-likeness (QED) is 0.340. The van der Waals surface area contributed by atoms with Crippen LogP contribution < -0.4 is 5.32 Å². The van der Waals surface area contributed by atoms with E-state index in [-0.39, 0.29) is 22.1 Å². The molecule has 5 nitrogen and oxygen atoms in total. The zero-order valence-electron chi connectivity index (χ0n) is 16.5. The van der Waals surface area contributed by atoms with E-state index >= 15 is 0 Å². The third-order valence-corrected chi connectivity index (χ3v) is 5.70. The van der Waals surface area contributed by atoms with Crippen molar-refractivity contribution in [3.05, 3.63) is 87.1 Å². The van der Waals surface area contributed by atoms with E-state index in [4.69, 9.17) is 11.6 Å². The summed E-state index contributed by atoms with van der Waals surface area (Å²) in [5.41, 5.74) is -0.326. The van der Waals surface area contributed by atoms with Crippen LogP contribution in [0.25, 0.3) is 16.9 Å². The first-order valence-corrected chi connectivity index (χ1v) is 10.6. The van der Waals surface area contributed by atoms with Crippen molar-refractivity contribution in [2.24, 2.45) is 0 Å². The van der Waals surface area contributed by atoms with Crippen LogP contribution in [-0.2, 0) is 6.18 Å². The molecule has 0 spiro atoms. The number of carbonyl (C=O) groups is 1. The highest BCUT2D eigenvalue weighted by Crippen LogP contribution is 2.35. The van der Waals surface area contributed by atoms with E-state index in [1.54, 1.807) is 31.2 Å². The second kappa shape index (κ2) is 8.55. The first-order chi connectivity index (χ1) is 15.1. The molecule has 10 heteroatoms. The molecule has 2 heterocycles. The van der Waals surface area contributed by atoms with Crippen molar-refractivity contribution in [2.75, 3.05) is 0 Å². The summed E-state index contributed by atoms with van der Waals surface area (Å²) in [6.45, 7) is 1.75. The van der Waals surface area contributed by atoms with Crippen molar-refractivity contribution in [1.29, 1.82) is 0 Å². The fourth-order valence-electron chi connectivity index (χ4n) is 3.20. The number of alkyl halides is 3. The van der Waals surface area contributed by atoms with Crippen LogP contribution in [0.2, 0.25) is 5.02 Å². The van der Waals surface area contributed by atoms with Crippen molar-refractivity contribution >= 4 is 39.1 Å². The standard InChI is InChI=1S/C22H15BrClF3N4O/c1-12(13-5-3-2-4-6-13)28-21(32)19-18(24)20-29-16(14-7-9-15(23)10-8-14)11-17(22(25,26)27)31(20)30-19/h2-12H,1H3,(H,28,32)/t12-/m0/s1. The number of carbonyl (C=O) groups excluding carboxylic acids is 1. The number of rotatable bonds is 4. The van der Waals surface area contributed by atoms with Gasteiger partial charge in [-0.05, 0) is 30.7 Å². The number of amides is 1. The molecule has 0 aliphatic carbocycles. The Hall–Kier alpha value is -2.91. The minimum Gasteiger partial charge on any atom is -0.344 e. The van der Waals surface area contributed by atoms with Crippen LogP contribution in [-0.4, -0.2) is 20.5 Å². The van der Waals surface area contributed by atoms with Crippen molar-refractivity contribution in [3.8, 4) is 11.3 Å². The Morgan fingerprint density at radius 2 is 1.78 bits per heavy atom. The first-order valence-electron chi connectivity index (χ1n) is 9.43. The van der Waals surface area contributed by atoms with Crippen molar-refractivity contribution < 1.29 is 18.0 Å². The molecule has 1 amide bonds. The maximum Gasteiger partial charge on any atom is 0.433 e. The summed E-state index contributed by atoms with van der Waals surface area (Å²) in [5, 5.41) is 6.31. The van der Waals surface area contributed by atoms with Crippen LogP contribution in [0.4, 0.5) is 13.2 Å². The van der Waals surface area contributed by atoms with Crippen LogP contribution in [0.15, 0.2) is 65.1 Å². The number of hydrogen-bond acceptors (Lipinski definition) is 3. The molecule has 1 atom stereocenters. The van der Waals surface area contributed by atoms with Gasteiger partial charge in [0.05, 0.1) is 11.7 Å². The molecule has 32 heavy (non-hydrogen) atoms. The van der Waals surface area contributed by atoms with E-state index in [0.717, 1.165) is 16.1 Å². The van der Waals surface area contributed by atoms with Gasteiger partial charge in [0.25, 0.3) is 5.91 Å². The number of benzene rings is 2. The number of nitrogens with zero attached hydrogens (tertiary/aromatic N) is 3. The Morgan fingerprint density at radius 1 is 1.12 bits per heavy atom. The topological polar surface area (TPSA) is 59.3 Å². The van der Waals surface area contributed by atoms with Crippen molar-refractivity contribution in [2.45, 2.75) is 19.1 Å². The van der Waals surface area contributed by atoms with Gasteiger partial charge in [0.15, 0.2) is 17.0 Å². The average molecular weight is 524 g/mol. The maximum absolute atomic E-state index is 13.8. The summed E-state index contributed by atoms with van der Waals surface area (Å²) in [6.07, 6.45) is -4.74. The lowest BCUT2D eigenvalue weighted by Crippen LogP contribution is -2.27. The second-order valence-corrected chi connectivity index (χ2v) is 8.33. The van der Waals surface area contributed by atoms with Crippen LogP contribution >= 0.6 is 27.5 Å². The highest BCUT2D eigenvalue weighted by Gasteiger charge is 2.36. The molecule has 0 aliphatic rings. The van der Waals surface area contributed by atoms with Gasteiger partial charge in [-0.15, -0.1) is 0 Å². The summed E-state index contributed by atoms with van der Waals surface area (Å²) in [4.78, 5) is 17.0. The summed E-state index contributed by atoms with van der Waals surface area (Å²) in [5.74, 6) is -0.699. The van der Waals surface area contributed by atoms with Crippen molar-refractivity contribution in [1.82, 2.24) is 19.9 Å². The van der Waals surface area contributed by atoms with Crippen LogP contribution in [0.3, 0.4) is 0 Å². The van der Waals surface area contributed by atoms with E-state index in [9.17, 15) is 18.0 Å². The van der Waals surface area contributed by atoms with E-state index in [1.807, 2.05) is 30.3 Å². The van der Waals surface area contributed by atoms with Gasteiger partial charge >= 0.3 is 6.18 Å². The van der Waals surface area contributed by atoms with E-state index < -0.39 is 23.8 Å². The molecule has 0 unspecified atom stereocenters. The van der Waals surface area contributed by atoms with Crippen LogP contribution in [0.5, 0.6) is 0 Å². The van der Waals surface area contributed by atoms with Gasteiger partial charge in [-0.2, -0.15) is 18.3 Å². The molecule has 4 aromatic rings. The van der Waals surface area contributed by atoms with Gasteiger partial charge in [0.2, 0.25) is 0 Å². The minimum absolute atomic E-state index is 0.0590. The van der Waals surface area contributed by atoms with Gasteiger partial charge in [-0.1, -0.05) is 70.0 Å². The Labute approximate surface area is 194 Å². The highest BCUT2D eigenvalue weighted by atomic mass is 79.9. The highest BCUT2D eigenvalue weighted by molar-refractivity contribution is 9.10. The molecule has 1 N–H and O–H groups in total. The third kappa shape index (κ3) is 4.35. The smallest absolute Gasteiger partial charge is 0.344 e. The van der Waals surface area contributed by atoms with Gasteiger partial charge < -0.3 is 5.32 Å². The minimum atomic E-state index is -4.74. The molecule has 0 radical (unpaired) electrons. The molecule has 0 saturated carbocycles. The van der Waals surface area contributed by atoms with Crippen LogP contribution in [0, 0.1) is 0 Å². The number of halogens is 5. The molecule has 2 aromatic carbocycles. The van der Waals surface area contributed by atoms with E-state index in [2.05, 4.69) is 31.3 Å². The Bertz CT molecular complexity index is 1290. The molecule has 164 valence electrons. The monoisotopic (exact) mass is 522 g/mol. The zero-order chi connectivity index (χ0) is 23.0. The fraction of sp³-hybridized carbons (Fsp3) is 0.136. The lowest BCUT2D eigenvalue weighted by Gasteiger charge is -2.13. The Kier molecular flexibility index (Phi) is 5.96. The van der Waals surface area contributed by atoms with Gasteiger partial charge in [0, 0.05) is 10.0 Å². The lowest BCUT2D eigenvalue weighted by atomic mass is 10.1. The lowest BCUT2D eigenvalue weighted by molar-refractivity contribution is -0.142. The predicted octanol–water partition coefficient (Wildman–Crippen LogP) is 6.32. The predicted molar refractivity (Wildman–Crippen MR) is 118 cm³/mol. The SMILES string of the molecule is C[C@H](NC(=O)c1nn2c(C(F)(F)F)cc(-c3ccc(Br)cc3)nc2c1Cl)c1ccccc1. The number of fused-ring (bicyclic) bond motifs is 1. The normalized spacial score (nSPS) is 12.7. The molecule has 0 bridgehead atoms. The molecule has 0 fully saturated rings. The largest absolute Gasteiger partial charge is 0.433 e. The van der Waals surface area contributed by atoms with Crippen LogP contribution in [0.1, 0.15) is 34.7 Å². The number of aromatic nitrogens is 3. The third-order valence-electron chi connectivity index (χ3n) is 4.83. The zero-order valence-corrected chi connectivity index (χ0v) is 18.8. The average Bonchev–Trinajstić information content (AvgIpc) is 3.10. The Balaban J connectivity index is 1.79. The first kappa shape index (κ1) is 22.3. The van der Waals surface area contributed by atoms with Gasteiger partial charge in [0.1, 0.15) is 5.02 Å². The van der Waals surface area contributed by atoms with Gasteiger partial charge in [-0.3, -0.25) is 4.79 Å². The maximum atomic E-state index is 13.8. The molecule has 2 aromatic heterocycles. The molecule has 0 saturated heterocycles. The summed E-state index contributed by atoms with van der Waals surface area (Å²) in [7, 11) is 0. The molecule has 0 aliphatic heterocycles. The van der Waals surface area contributed by atoms with E-state index in [0.29, 0.717) is 10.1 Å². The van der Waals surface area contributed by atoms with Crippen molar-refractivity contribution in [3.63, 3.8) is 0 Å². The van der Waals surface area contributed by atoms with E-state index in [1.165, 1.54) is 0 Å². The molecule has 4 rings (SSSR count). The molecular formula is C22H15BrClF3N4O. The Morgan fingerprint density at radius 3 is 2.41 bits per heavy atom. The summed E-state index contributed by atoms with van der Waals surface area (Å²) in [6, 6.07) is 16.2. The van der Waals surface area contributed by atoms with Gasteiger partial charge in [-0.25, -0.2) is 9.50 Å². The summed E-state index contributed by atoms with van der Waals surface area (Å²) < 4.78 is 42.8. The number of hydrogen-bond donors (Lipinski definition) is 1. The fourth-order valence-corrected chi connectivity index (χ4v) is 3.71.